The second kappa shape index (κ2) is 15.8. The number of para-hydroxylation sites is 1. The summed E-state index contributed by atoms with van der Waals surface area (Å²) in [6.45, 7) is 3.62. The number of benzene rings is 6. The third-order valence-electron chi connectivity index (χ3n) is 11.2. The molecule has 4 heteroatoms. The molecule has 0 unspecified atom stereocenters. The summed E-state index contributed by atoms with van der Waals surface area (Å²) < 4.78 is 166. The van der Waals surface area contributed by atoms with Gasteiger partial charge in [0.05, 0.1) is 31.9 Å². The Morgan fingerprint density at radius 2 is 1.25 bits per heavy atom. The number of fused-ring (bicyclic) bond motifs is 1. The van der Waals surface area contributed by atoms with E-state index in [2.05, 4.69) is 25.8 Å². The van der Waals surface area contributed by atoms with Gasteiger partial charge in [0.15, 0.2) is 0 Å². The van der Waals surface area contributed by atoms with Gasteiger partial charge in [-0.05, 0) is 127 Å². The molecule has 0 saturated heterocycles. The monoisotopic (exact) mass is 849 g/mol. The first kappa shape index (κ1) is 25.8. The van der Waals surface area contributed by atoms with E-state index in [1.165, 1.54) is 0 Å². The Kier molecular flexibility index (Phi) is 6.47. The zero-order chi connectivity index (χ0) is 61.3. The maximum atomic E-state index is 12.5. The lowest BCUT2D eigenvalue weighted by Crippen LogP contribution is -2.17. The van der Waals surface area contributed by atoms with Gasteiger partial charge in [0.2, 0.25) is 0 Å². The second-order valence-corrected chi connectivity index (χ2v) is 19.2. The highest BCUT2D eigenvalue weighted by Gasteiger charge is 2.29. The van der Waals surface area contributed by atoms with Crippen molar-refractivity contribution in [1.82, 2.24) is 14.5 Å². The summed E-state index contributed by atoms with van der Waals surface area (Å²) in [6, 6.07) is 22.7. The van der Waals surface area contributed by atoms with Crippen molar-refractivity contribution in [3.63, 3.8) is 0 Å². The Labute approximate surface area is 402 Å². The minimum Gasteiger partial charge on any atom is -0.507 e. The molecule has 6 aromatic carbocycles. The number of aromatic hydroxyl groups is 1. The van der Waals surface area contributed by atoms with Crippen molar-refractivity contribution >= 4 is 11.0 Å². The largest absolute Gasteiger partial charge is 0.507 e. The molecule has 0 aliphatic heterocycles. The van der Waals surface area contributed by atoms with Crippen molar-refractivity contribution in [3.05, 3.63) is 167 Å². The predicted octanol–water partition coefficient (Wildman–Crippen LogP) is 16.0. The first-order valence-corrected chi connectivity index (χ1v) is 20.8. The molecule has 2 heterocycles. The maximum Gasteiger partial charge on any atom is 0.149 e. The van der Waals surface area contributed by atoms with Gasteiger partial charge in [-0.1, -0.05) is 168 Å². The van der Waals surface area contributed by atoms with Crippen LogP contribution in [0.1, 0.15) is 137 Å². The smallest absolute Gasteiger partial charge is 0.149 e. The van der Waals surface area contributed by atoms with E-state index in [0.29, 0.717) is 50.1 Å². The highest BCUT2D eigenvalue weighted by Crippen LogP contribution is 2.45. The zero-order valence-corrected chi connectivity index (χ0v) is 37.0. The van der Waals surface area contributed by atoms with Gasteiger partial charge in [0, 0.05) is 45.0 Å². The van der Waals surface area contributed by atoms with E-state index >= 15 is 0 Å². The first-order valence-electron chi connectivity index (χ1n) is 30.3. The number of rotatable bonds is 6. The summed E-state index contributed by atoms with van der Waals surface area (Å²) in [5.74, 6) is 0.261. The molecule has 320 valence electrons. The van der Waals surface area contributed by atoms with Gasteiger partial charge in [0.25, 0.3) is 0 Å². The van der Waals surface area contributed by atoms with E-state index in [4.69, 9.17) is 26.9 Å². The van der Waals surface area contributed by atoms with E-state index in [9.17, 15) is 9.22 Å². The second-order valence-electron chi connectivity index (χ2n) is 19.2. The molecule has 63 heavy (non-hydrogen) atoms. The van der Waals surface area contributed by atoms with E-state index in [1.54, 1.807) is 30.3 Å². The number of nitrogens with zero attached hydrogens (tertiary/aromatic N) is 3. The van der Waals surface area contributed by atoms with E-state index in [1.807, 2.05) is 113 Å². The predicted molar refractivity (Wildman–Crippen MR) is 267 cm³/mol. The van der Waals surface area contributed by atoms with Crippen LogP contribution in [0.3, 0.4) is 0 Å². The molecular weight excluding hydrogens is 767 g/mol. The van der Waals surface area contributed by atoms with Crippen LogP contribution in [0, 0.1) is 6.85 Å². The highest BCUT2D eigenvalue weighted by molar-refractivity contribution is 5.97. The third-order valence-corrected chi connectivity index (χ3v) is 11.2. The average molecular weight is 849 g/mol. The van der Waals surface area contributed by atoms with Crippen LogP contribution < -0.4 is 0 Å². The minimum atomic E-state index is -3.94. The molecule has 1 N–H and O–H groups in total. The van der Waals surface area contributed by atoms with Gasteiger partial charge < -0.3 is 5.11 Å². The lowest BCUT2D eigenvalue weighted by Gasteiger charge is -2.27. The van der Waals surface area contributed by atoms with E-state index < -0.39 is 108 Å². The summed E-state index contributed by atoms with van der Waals surface area (Å²) in [7, 11) is 0. The molecule has 0 radical (unpaired) electrons. The Morgan fingerprint density at radius 3 is 1.92 bits per heavy atom. The molecule has 4 nitrogen and oxygen atoms in total. The van der Waals surface area contributed by atoms with E-state index in [-0.39, 0.29) is 28.4 Å². The fourth-order valence-corrected chi connectivity index (χ4v) is 7.68. The van der Waals surface area contributed by atoms with Crippen LogP contribution in [0.15, 0.2) is 139 Å². The van der Waals surface area contributed by atoms with E-state index in [0.717, 1.165) is 11.1 Å². The van der Waals surface area contributed by atoms with Gasteiger partial charge in [-0.25, -0.2) is 4.98 Å². The molecule has 0 aliphatic rings. The fourth-order valence-electron chi connectivity index (χ4n) is 7.68. The Bertz CT molecular complexity index is 3780. The van der Waals surface area contributed by atoms with Crippen molar-refractivity contribution in [3.8, 4) is 67.5 Å². The van der Waals surface area contributed by atoms with Crippen LogP contribution in [0.4, 0.5) is 0 Å². The van der Waals surface area contributed by atoms with Crippen LogP contribution in [0.2, 0.25) is 0 Å². The number of phenolic OH excluding ortho intramolecular Hbond substituents is 1. The molecule has 0 saturated carbocycles. The topological polar surface area (TPSA) is 50.9 Å². The van der Waals surface area contributed by atoms with Crippen LogP contribution in [0.25, 0.3) is 72.7 Å². The molecule has 0 spiro atoms. The van der Waals surface area contributed by atoms with Crippen molar-refractivity contribution in [2.45, 2.75) is 111 Å². The number of pyridine rings is 1. The van der Waals surface area contributed by atoms with Crippen LogP contribution in [0.5, 0.6) is 5.75 Å². The molecule has 2 aromatic heterocycles. The van der Waals surface area contributed by atoms with Gasteiger partial charge >= 0.3 is 0 Å². The fraction of sp³-hybridized carbons (Fsp3) is 0.288. The lowest BCUT2D eigenvalue weighted by atomic mass is 9.79. The SMILES string of the molecule is [2H]c1nc(-c2cc(-c3cccc4c3nc(-c3cc(C(C)(C)C)cc(C(C)(C)C)c3O)n4-c3cc(-c4ccccc4)cc(C([2H])([2H])[2H])c3)cc(C(C)(C)C)c2)c([2H])c(-c2c([2H])c([2H])c(C(C([2H])([2H])[2H])(C([2H])([2H])[2H])C([2H])([2H])[2H])c([2H])c2[2H])c1[2H]. The number of aromatic nitrogens is 3. The van der Waals surface area contributed by atoms with Crippen LogP contribution in [-0.2, 0) is 21.7 Å². The molecule has 0 aliphatic carbocycles. The molecular formula is C59H63N3O. The van der Waals surface area contributed by atoms with Crippen LogP contribution in [-0.4, -0.2) is 19.6 Å². The van der Waals surface area contributed by atoms with Gasteiger partial charge in [0.1, 0.15) is 11.6 Å². The Balaban J connectivity index is 1.47. The Hall–Kier alpha value is -6.26. The summed E-state index contributed by atoms with van der Waals surface area (Å²) in [5, 5.41) is 12.5. The third kappa shape index (κ3) is 8.74. The average Bonchev–Trinajstić information content (AvgIpc) is 0.938. The standard InChI is InChI=1S/C59H63N3O/c1-37-28-41(38-18-15-14-16-19-38)33-47(29-37)62-52-21-17-20-48(53(52)61-55(62)49-35-46(58(8,9)10)36-50(54(49)63)59(11,12)13)42-30-43(32-45(31-42)57(5,6)7)51-34-40(26-27-60-51)39-22-24-44(25-23-39)56(2,3)4/h14-36,63H,1-13H3/i1D3,2D3,3D3,4D3,22D,23D,24D,25D,26D,27D,34D. The van der Waals surface area contributed by atoms with Crippen molar-refractivity contribution in [2.75, 3.05) is 0 Å². The zero-order valence-electron chi connectivity index (χ0n) is 56.0. The highest BCUT2D eigenvalue weighted by atomic mass is 16.3. The van der Waals surface area contributed by atoms with Crippen LogP contribution >= 0.6 is 0 Å². The van der Waals surface area contributed by atoms with Crippen molar-refractivity contribution in [2.24, 2.45) is 0 Å². The number of aryl methyl sites for hydroxylation is 1. The summed E-state index contributed by atoms with van der Waals surface area (Å²) in [6.07, 6.45) is -0.766. The first-order chi connectivity index (χ1) is 37.4. The molecule has 0 bridgehead atoms. The summed E-state index contributed by atoms with van der Waals surface area (Å²) in [5.41, 5.74) is -2.04. The number of phenols is 1. The number of imidazole rings is 1. The molecule has 0 fully saturated rings. The summed E-state index contributed by atoms with van der Waals surface area (Å²) in [4.78, 5) is 9.80. The molecule has 0 atom stereocenters. The van der Waals surface area contributed by atoms with Crippen molar-refractivity contribution in [1.29, 1.82) is 0 Å². The number of hydrogen-bond donors (Lipinski definition) is 1. The normalized spacial score (nSPS) is 17.8. The van der Waals surface area contributed by atoms with Gasteiger partial charge in [-0.3, -0.25) is 9.55 Å². The lowest BCUT2D eigenvalue weighted by molar-refractivity contribution is 0.446. The van der Waals surface area contributed by atoms with Gasteiger partial charge in [-0.2, -0.15) is 0 Å². The quantitative estimate of drug-likeness (QED) is 0.181. The van der Waals surface area contributed by atoms with Gasteiger partial charge in [-0.15, -0.1) is 0 Å². The molecule has 0 amide bonds. The van der Waals surface area contributed by atoms with Crippen molar-refractivity contribution < 1.29 is 31.2 Å². The molecule has 8 rings (SSSR count). The minimum absolute atomic E-state index is 0.0256. The number of hydrogen-bond acceptors (Lipinski definition) is 3. The maximum absolute atomic E-state index is 12.5. The Morgan fingerprint density at radius 1 is 0.556 bits per heavy atom. The molecule has 8 aromatic rings. The summed E-state index contributed by atoms with van der Waals surface area (Å²) >= 11 is 0.